The van der Waals surface area contributed by atoms with Crippen LogP contribution in [0.1, 0.15) is 34.7 Å². The smallest absolute Gasteiger partial charge is 0.269 e. The van der Waals surface area contributed by atoms with Crippen molar-refractivity contribution in [1.29, 1.82) is 0 Å². The van der Waals surface area contributed by atoms with Crippen molar-refractivity contribution in [1.82, 2.24) is 14.9 Å². The lowest BCUT2D eigenvalue weighted by Gasteiger charge is -2.28. The number of benzene rings is 3. The number of nitrogens with zero attached hydrogens (tertiary/aromatic N) is 4. The molecule has 1 aliphatic rings. The maximum atomic E-state index is 11.0. The molecule has 2 atom stereocenters. The molecule has 3 aromatic carbocycles. The molecule has 42 heavy (non-hydrogen) atoms. The maximum absolute atomic E-state index is 11.0. The Labute approximate surface area is 258 Å². The van der Waals surface area contributed by atoms with E-state index in [-0.39, 0.29) is 17.8 Å². The molecular formula is C32H26ClN5O2S2. The van der Waals surface area contributed by atoms with Gasteiger partial charge >= 0.3 is 0 Å². The zero-order valence-electron chi connectivity index (χ0n) is 22.8. The van der Waals surface area contributed by atoms with Gasteiger partial charge in [-0.15, -0.1) is 0 Å². The van der Waals surface area contributed by atoms with E-state index in [0.717, 1.165) is 43.8 Å². The summed E-state index contributed by atoms with van der Waals surface area (Å²) in [6.45, 7) is 4.20. The van der Waals surface area contributed by atoms with Gasteiger partial charge in [-0.2, -0.15) is 0 Å². The number of anilines is 1. The molecule has 7 nitrogen and oxygen atoms in total. The Hall–Kier alpha value is -4.18. The lowest BCUT2D eigenvalue weighted by atomic mass is 9.96. The molecule has 0 unspecified atom stereocenters. The molecule has 0 bridgehead atoms. The predicted molar refractivity (Wildman–Crippen MR) is 172 cm³/mol. The summed E-state index contributed by atoms with van der Waals surface area (Å²) in [7, 11) is 0. The number of hydrogen-bond donors (Lipinski definition) is 1. The Morgan fingerprint density at radius 1 is 0.952 bits per heavy atom. The molecule has 5 aromatic rings. The van der Waals surface area contributed by atoms with Crippen LogP contribution in [0.3, 0.4) is 0 Å². The number of non-ortho nitro benzene ring substituents is 1. The average molecular weight is 612 g/mol. The van der Waals surface area contributed by atoms with Crippen molar-refractivity contribution in [2.24, 2.45) is 0 Å². The zero-order chi connectivity index (χ0) is 29.4. The van der Waals surface area contributed by atoms with Gasteiger partial charge in [0.05, 0.1) is 33.4 Å². The minimum Gasteiger partial charge on any atom is -0.351 e. The standard InChI is InChI=1S/C32H26ClN5O2S2/c1-20-19-26(21(2)36(20)29-9-4-3-7-27(29)33)31-30(28-8-5-6-18-34-28)35-32(41)37(31)22-10-14-24(15-11-22)42-25-16-12-23(13-17-25)38(39)40/h3-19,30-31H,1-2H3,(H,35,41)/t30-,31-/m1/s1. The van der Waals surface area contributed by atoms with Crippen LogP contribution < -0.4 is 10.2 Å². The van der Waals surface area contributed by atoms with Crippen LogP contribution in [0.15, 0.2) is 113 Å². The minimum atomic E-state index is -0.392. The Morgan fingerprint density at radius 3 is 2.26 bits per heavy atom. The van der Waals surface area contributed by atoms with E-state index in [0.29, 0.717) is 10.1 Å². The van der Waals surface area contributed by atoms with E-state index in [1.54, 1.807) is 30.1 Å². The van der Waals surface area contributed by atoms with Gasteiger partial charge in [-0.05, 0) is 98.4 Å². The normalized spacial score (nSPS) is 16.5. The van der Waals surface area contributed by atoms with Crippen molar-refractivity contribution in [3.63, 3.8) is 0 Å². The van der Waals surface area contributed by atoms with Crippen LogP contribution in [-0.4, -0.2) is 19.6 Å². The van der Waals surface area contributed by atoms with Crippen LogP contribution in [0.2, 0.25) is 5.02 Å². The Kier molecular flexibility index (Phi) is 7.72. The first-order valence-electron chi connectivity index (χ1n) is 13.3. The number of pyridine rings is 1. The molecule has 1 aliphatic heterocycles. The first-order chi connectivity index (χ1) is 20.3. The number of thiocarbonyl (C=S) groups is 1. The van der Waals surface area contributed by atoms with E-state index in [1.165, 1.54) is 12.1 Å². The average Bonchev–Trinajstić information content (AvgIpc) is 3.49. The molecule has 1 N–H and O–H groups in total. The monoisotopic (exact) mass is 611 g/mol. The van der Waals surface area contributed by atoms with E-state index < -0.39 is 4.92 Å². The van der Waals surface area contributed by atoms with E-state index in [1.807, 2.05) is 54.6 Å². The third-order valence-corrected chi connectivity index (χ3v) is 9.03. The van der Waals surface area contributed by atoms with Crippen LogP contribution in [-0.2, 0) is 0 Å². The minimum absolute atomic E-state index is 0.0761. The highest BCUT2D eigenvalue weighted by Crippen LogP contribution is 2.44. The number of aromatic nitrogens is 2. The van der Waals surface area contributed by atoms with Gasteiger partial charge in [0.2, 0.25) is 0 Å². The fourth-order valence-corrected chi connectivity index (χ4v) is 6.87. The van der Waals surface area contributed by atoms with E-state index in [4.69, 9.17) is 23.8 Å². The van der Waals surface area contributed by atoms with E-state index in [2.05, 4.69) is 51.8 Å². The first-order valence-corrected chi connectivity index (χ1v) is 14.9. The molecule has 10 heteroatoms. The fourth-order valence-electron chi connectivity index (χ4n) is 5.49. The van der Waals surface area contributed by atoms with Gasteiger partial charge in [0.1, 0.15) is 0 Å². The van der Waals surface area contributed by atoms with Crippen molar-refractivity contribution in [2.45, 2.75) is 35.7 Å². The molecule has 0 saturated carbocycles. The van der Waals surface area contributed by atoms with Crippen molar-refractivity contribution in [3.05, 3.63) is 141 Å². The van der Waals surface area contributed by atoms with E-state index in [9.17, 15) is 10.1 Å². The molecule has 0 amide bonds. The van der Waals surface area contributed by atoms with Gasteiger partial charge < -0.3 is 14.8 Å². The highest BCUT2D eigenvalue weighted by Gasteiger charge is 2.42. The summed E-state index contributed by atoms with van der Waals surface area (Å²) in [5.74, 6) is 0. The zero-order valence-corrected chi connectivity index (χ0v) is 25.2. The third kappa shape index (κ3) is 5.27. The Morgan fingerprint density at radius 2 is 1.62 bits per heavy atom. The van der Waals surface area contributed by atoms with Crippen LogP contribution in [0.25, 0.3) is 5.69 Å². The summed E-state index contributed by atoms with van der Waals surface area (Å²) in [5, 5.41) is 15.8. The van der Waals surface area contributed by atoms with Crippen molar-refractivity contribution < 1.29 is 4.92 Å². The van der Waals surface area contributed by atoms with Crippen molar-refractivity contribution >= 4 is 52.1 Å². The number of nitro benzene ring substituents is 1. The second kappa shape index (κ2) is 11.6. The van der Waals surface area contributed by atoms with Gasteiger partial charge in [-0.3, -0.25) is 15.1 Å². The van der Waals surface area contributed by atoms with Crippen molar-refractivity contribution in [3.8, 4) is 5.69 Å². The number of rotatable bonds is 7. The molecule has 6 rings (SSSR count). The topological polar surface area (TPSA) is 76.2 Å². The van der Waals surface area contributed by atoms with Gasteiger partial charge in [0.15, 0.2) is 5.11 Å². The van der Waals surface area contributed by atoms with Crippen LogP contribution >= 0.6 is 35.6 Å². The second-order valence-electron chi connectivity index (χ2n) is 9.96. The number of nitrogens with one attached hydrogen (secondary N) is 1. The van der Waals surface area contributed by atoms with Crippen LogP contribution in [0, 0.1) is 24.0 Å². The molecule has 2 aromatic heterocycles. The number of hydrogen-bond acceptors (Lipinski definition) is 5. The lowest BCUT2D eigenvalue weighted by molar-refractivity contribution is -0.384. The molecular weight excluding hydrogens is 586 g/mol. The number of halogens is 1. The molecule has 1 saturated heterocycles. The third-order valence-electron chi connectivity index (χ3n) is 7.38. The summed E-state index contributed by atoms with van der Waals surface area (Å²) in [4.78, 5) is 19.4. The first kappa shape index (κ1) is 28.0. The molecule has 0 radical (unpaired) electrons. The largest absolute Gasteiger partial charge is 0.351 e. The number of para-hydroxylation sites is 1. The van der Waals surface area contributed by atoms with Gasteiger partial charge in [-0.1, -0.05) is 41.6 Å². The number of aryl methyl sites for hydroxylation is 1. The lowest BCUT2D eigenvalue weighted by Crippen LogP contribution is -2.29. The highest BCUT2D eigenvalue weighted by atomic mass is 35.5. The summed E-state index contributed by atoms with van der Waals surface area (Å²) in [5.41, 5.74) is 6.14. The summed E-state index contributed by atoms with van der Waals surface area (Å²) >= 11 is 14.1. The summed E-state index contributed by atoms with van der Waals surface area (Å²) in [6, 6.07) is 30.4. The van der Waals surface area contributed by atoms with Crippen LogP contribution in [0.5, 0.6) is 0 Å². The summed E-state index contributed by atoms with van der Waals surface area (Å²) in [6.07, 6.45) is 1.80. The van der Waals surface area contributed by atoms with Crippen molar-refractivity contribution in [2.75, 3.05) is 4.90 Å². The second-order valence-corrected chi connectivity index (χ2v) is 11.9. The molecule has 3 heterocycles. The number of nitro groups is 1. The molecule has 1 fully saturated rings. The van der Waals surface area contributed by atoms with Crippen LogP contribution in [0.4, 0.5) is 11.4 Å². The van der Waals surface area contributed by atoms with Gasteiger partial charge in [0, 0.05) is 45.2 Å². The summed E-state index contributed by atoms with van der Waals surface area (Å²) < 4.78 is 2.19. The Balaban J connectivity index is 1.38. The fraction of sp³-hybridized carbons (Fsp3) is 0.125. The molecule has 0 aliphatic carbocycles. The SMILES string of the molecule is Cc1cc([C@@H]2[C@@H](c3ccccn3)NC(=S)N2c2ccc(Sc3ccc([N+](=O)[O-])cc3)cc2)c(C)n1-c1ccccc1Cl. The quantitative estimate of drug-likeness (QED) is 0.112. The maximum Gasteiger partial charge on any atom is 0.269 e. The van der Waals surface area contributed by atoms with Gasteiger partial charge in [0.25, 0.3) is 5.69 Å². The molecule has 210 valence electrons. The molecule has 0 spiro atoms. The van der Waals surface area contributed by atoms with E-state index >= 15 is 0 Å². The predicted octanol–water partition coefficient (Wildman–Crippen LogP) is 8.38. The highest BCUT2D eigenvalue weighted by molar-refractivity contribution is 7.99. The van der Waals surface area contributed by atoms with Gasteiger partial charge in [-0.25, -0.2) is 0 Å². The Bertz CT molecular complexity index is 1780.